The highest BCUT2D eigenvalue weighted by Crippen LogP contribution is 2.48. The highest BCUT2D eigenvalue weighted by Gasteiger charge is 2.51. The van der Waals surface area contributed by atoms with Crippen LogP contribution in [-0.4, -0.2) is 12.5 Å². The topological polar surface area (TPSA) is 29.1 Å². The largest absolute Gasteiger partial charge is 0.355 e. The van der Waals surface area contributed by atoms with Crippen LogP contribution >= 0.6 is 11.6 Å². The van der Waals surface area contributed by atoms with Gasteiger partial charge in [0.25, 0.3) is 0 Å². The standard InChI is InChI=1S/C18H22ClNO/c19-16-8-4-7-15(13-16)18(10-11-18)17(21)20-12-9-14-5-2-1-3-6-14/h4-5,7-8,13H,1-3,6,9-12H2,(H,20,21). The molecule has 0 unspecified atom stereocenters. The molecule has 1 N–H and O–H groups in total. The Balaban J connectivity index is 1.56. The van der Waals surface area contributed by atoms with Crippen molar-refractivity contribution in [2.24, 2.45) is 0 Å². The van der Waals surface area contributed by atoms with Crippen LogP contribution in [0.3, 0.4) is 0 Å². The molecule has 3 rings (SSSR count). The van der Waals surface area contributed by atoms with Gasteiger partial charge in [-0.25, -0.2) is 0 Å². The van der Waals surface area contributed by atoms with Crippen LogP contribution in [0.15, 0.2) is 35.9 Å². The van der Waals surface area contributed by atoms with Crippen LogP contribution in [-0.2, 0) is 10.2 Å². The fourth-order valence-corrected chi connectivity index (χ4v) is 3.39. The fraction of sp³-hybridized carbons (Fsp3) is 0.500. The molecule has 0 atom stereocenters. The van der Waals surface area contributed by atoms with E-state index < -0.39 is 0 Å². The molecule has 0 spiro atoms. The first-order valence-electron chi connectivity index (χ1n) is 7.93. The quantitative estimate of drug-likeness (QED) is 0.804. The minimum atomic E-state index is -0.314. The normalized spacial score (nSPS) is 19.8. The van der Waals surface area contributed by atoms with Gasteiger partial charge in [-0.1, -0.05) is 35.4 Å². The lowest BCUT2D eigenvalue weighted by Crippen LogP contribution is -2.35. The Morgan fingerprint density at radius 3 is 2.81 bits per heavy atom. The van der Waals surface area contributed by atoms with Gasteiger partial charge in [0.2, 0.25) is 5.91 Å². The predicted octanol–water partition coefficient (Wildman–Crippen LogP) is 4.38. The highest BCUT2D eigenvalue weighted by atomic mass is 35.5. The van der Waals surface area contributed by atoms with Crippen molar-refractivity contribution < 1.29 is 4.79 Å². The van der Waals surface area contributed by atoms with E-state index in [9.17, 15) is 4.79 Å². The molecule has 1 amide bonds. The van der Waals surface area contributed by atoms with Crippen LogP contribution in [0.1, 0.15) is 50.5 Å². The minimum absolute atomic E-state index is 0.168. The maximum atomic E-state index is 12.5. The molecular weight excluding hydrogens is 282 g/mol. The summed E-state index contributed by atoms with van der Waals surface area (Å²) in [7, 11) is 0. The summed E-state index contributed by atoms with van der Waals surface area (Å²) in [6, 6.07) is 7.73. The van der Waals surface area contributed by atoms with E-state index >= 15 is 0 Å². The second kappa shape index (κ2) is 6.23. The summed E-state index contributed by atoms with van der Waals surface area (Å²) < 4.78 is 0. The average molecular weight is 304 g/mol. The van der Waals surface area contributed by atoms with Crippen molar-refractivity contribution in [3.63, 3.8) is 0 Å². The molecule has 1 fully saturated rings. The van der Waals surface area contributed by atoms with Gasteiger partial charge in [0.15, 0.2) is 0 Å². The average Bonchev–Trinajstić information content (AvgIpc) is 3.30. The number of halogens is 1. The van der Waals surface area contributed by atoms with Crippen molar-refractivity contribution in [3.8, 4) is 0 Å². The van der Waals surface area contributed by atoms with Gasteiger partial charge in [-0.15, -0.1) is 0 Å². The molecular formula is C18H22ClNO. The second-order valence-electron chi connectivity index (χ2n) is 6.21. The summed E-state index contributed by atoms with van der Waals surface area (Å²) in [5.74, 6) is 0.168. The molecule has 112 valence electrons. The second-order valence-corrected chi connectivity index (χ2v) is 6.64. The maximum absolute atomic E-state index is 12.5. The SMILES string of the molecule is O=C(NCCC1=CCCCC1)C1(c2cccc(Cl)c2)CC1. The molecule has 0 aromatic heterocycles. The van der Waals surface area contributed by atoms with Crippen molar-refractivity contribution in [2.45, 2.75) is 50.4 Å². The monoisotopic (exact) mass is 303 g/mol. The van der Waals surface area contributed by atoms with Gasteiger partial charge in [0.1, 0.15) is 0 Å². The number of rotatable bonds is 5. The lowest BCUT2D eigenvalue weighted by molar-refractivity contribution is -0.123. The molecule has 0 bridgehead atoms. The summed E-state index contributed by atoms with van der Waals surface area (Å²) >= 11 is 6.05. The molecule has 3 heteroatoms. The van der Waals surface area contributed by atoms with Gasteiger partial charge in [0.05, 0.1) is 5.41 Å². The maximum Gasteiger partial charge on any atom is 0.230 e. The molecule has 0 heterocycles. The van der Waals surface area contributed by atoms with Crippen LogP contribution in [0.2, 0.25) is 5.02 Å². The molecule has 1 aromatic carbocycles. The van der Waals surface area contributed by atoms with Crippen molar-refractivity contribution in [1.29, 1.82) is 0 Å². The van der Waals surface area contributed by atoms with Crippen molar-refractivity contribution >= 4 is 17.5 Å². The number of hydrogen-bond donors (Lipinski definition) is 1. The Kier molecular flexibility index (Phi) is 4.34. The first-order chi connectivity index (χ1) is 10.2. The predicted molar refractivity (Wildman–Crippen MR) is 86.5 cm³/mol. The zero-order valence-electron chi connectivity index (χ0n) is 12.3. The van der Waals surface area contributed by atoms with Crippen LogP contribution in [0, 0.1) is 0 Å². The Hall–Kier alpha value is -1.28. The molecule has 1 aromatic rings. The highest BCUT2D eigenvalue weighted by molar-refractivity contribution is 6.30. The summed E-state index contributed by atoms with van der Waals surface area (Å²) in [6.07, 6.45) is 10.2. The van der Waals surface area contributed by atoms with Crippen LogP contribution < -0.4 is 5.32 Å². The fourth-order valence-electron chi connectivity index (χ4n) is 3.20. The number of carbonyl (C=O) groups excluding carboxylic acids is 1. The third-order valence-electron chi connectivity index (χ3n) is 4.68. The van der Waals surface area contributed by atoms with E-state index in [1.165, 1.54) is 31.3 Å². The summed E-state index contributed by atoms with van der Waals surface area (Å²) in [5.41, 5.74) is 2.25. The first-order valence-corrected chi connectivity index (χ1v) is 8.31. The van der Waals surface area contributed by atoms with Crippen LogP contribution in [0.5, 0.6) is 0 Å². The Labute approximate surface area is 131 Å². The summed E-state index contributed by atoms with van der Waals surface area (Å²) in [6.45, 7) is 0.757. The van der Waals surface area contributed by atoms with E-state index in [-0.39, 0.29) is 11.3 Å². The first kappa shape index (κ1) is 14.6. The number of amides is 1. The summed E-state index contributed by atoms with van der Waals surface area (Å²) in [4.78, 5) is 12.5. The Bertz CT molecular complexity index is 560. The Morgan fingerprint density at radius 1 is 1.29 bits per heavy atom. The number of benzene rings is 1. The number of allylic oxidation sites excluding steroid dienone is 1. The summed E-state index contributed by atoms with van der Waals surface area (Å²) in [5, 5.41) is 3.84. The van der Waals surface area contributed by atoms with Gasteiger partial charge in [-0.05, 0) is 62.6 Å². The van der Waals surface area contributed by atoms with E-state index in [0.717, 1.165) is 31.4 Å². The van der Waals surface area contributed by atoms with Gasteiger partial charge in [-0.3, -0.25) is 4.79 Å². The van der Waals surface area contributed by atoms with Crippen LogP contribution in [0.25, 0.3) is 0 Å². The van der Waals surface area contributed by atoms with E-state index in [1.807, 2.05) is 24.3 Å². The molecule has 21 heavy (non-hydrogen) atoms. The lowest BCUT2D eigenvalue weighted by Gasteiger charge is -2.17. The van der Waals surface area contributed by atoms with E-state index in [2.05, 4.69) is 11.4 Å². The number of carbonyl (C=O) groups is 1. The number of hydrogen-bond acceptors (Lipinski definition) is 1. The molecule has 2 nitrogen and oxygen atoms in total. The van der Waals surface area contributed by atoms with E-state index in [1.54, 1.807) is 0 Å². The Morgan fingerprint density at radius 2 is 2.14 bits per heavy atom. The van der Waals surface area contributed by atoms with Crippen molar-refractivity contribution in [3.05, 3.63) is 46.5 Å². The van der Waals surface area contributed by atoms with Crippen molar-refractivity contribution in [2.75, 3.05) is 6.54 Å². The third kappa shape index (κ3) is 3.32. The smallest absolute Gasteiger partial charge is 0.230 e. The minimum Gasteiger partial charge on any atom is -0.355 e. The molecule has 1 saturated carbocycles. The molecule has 2 aliphatic carbocycles. The zero-order chi connectivity index (χ0) is 14.7. The van der Waals surface area contributed by atoms with E-state index in [4.69, 9.17) is 11.6 Å². The molecule has 0 radical (unpaired) electrons. The van der Waals surface area contributed by atoms with Gasteiger partial charge in [-0.2, -0.15) is 0 Å². The molecule has 0 aliphatic heterocycles. The van der Waals surface area contributed by atoms with Crippen molar-refractivity contribution in [1.82, 2.24) is 5.32 Å². The zero-order valence-corrected chi connectivity index (χ0v) is 13.1. The molecule has 2 aliphatic rings. The molecule has 0 saturated heterocycles. The van der Waals surface area contributed by atoms with E-state index in [0.29, 0.717) is 5.02 Å². The third-order valence-corrected chi connectivity index (χ3v) is 4.91. The lowest BCUT2D eigenvalue weighted by atomic mass is 9.94. The van der Waals surface area contributed by atoms with Gasteiger partial charge >= 0.3 is 0 Å². The van der Waals surface area contributed by atoms with Crippen LogP contribution in [0.4, 0.5) is 0 Å². The van der Waals surface area contributed by atoms with Gasteiger partial charge < -0.3 is 5.32 Å². The van der Waals surface area contributed by atoms with Gasteiger partial charge in [0, 0.05) is 11.6 Å². The number of nitrogens with one attached hydrogen (secondary N) is 1.